The van der Waals surface area contributed by atoms with E-state index in [0.717, 1.165) is 16.5 Å². The number of aromatic nitrogens is 5. The highest BCUT2D eigenvalue weighted by Gasteiger charge is 2.44. The van der Waals surface area contributed by atoms with Gasteiger partial charge in [-0.1, -0.05) is 0 Å². The van der Waals surface area contributed by atoms with Crippen molar-refractivity contribution >= 4 is 27.8 Å². The van der Waals surface area contributed by atoms with Gasteiger partial charge in [0.25, 0.3) is 5.92 Å². The highest BCUT2D eigenvalue weighted by Crippen LogP contribution is 2.35. The maximum atomic E-state index is 14.6. The third-order valence-electron chi connectivity index (χ3n) is 6.02. The lowest BCUT2D eigenvalue weighted by Gasteiger charge is -2.39. The van der Waals surface area contributed by atoms with Gasteiger partial charge in [-0.05, 0) is 43.3 Å². The van der Waals surface area contributed by atoms with Crippen molar-refractivity contribution in [1.82, 2.24) is 25.1 Å². The molecule has 1 fully saturated rings. The fraction of sp³-hybridized carbons (Fsp3) is 0.208. The number of ether oxygens (including phenoxy) is 1. The number of aromatic amines is 2. The van der Waals surface area contributed by atoms with Gasteiger partial charge in [0.05, 0.1) is 24.8 Å². The molecule has 6 rings (SSSR count). The van der Waals surface area contributed by atoms with Crippen LogP contribution in [0.1, 0.15) is 18.6 Å². The zero-order valence-electron chi connectivity index (χ0n) is 18.0. The number of hydrogen-bond donors (Lipinski definition) is 2. The summed E-state index contributed by atoms with van der Waals surface area (Å²) in [4.78, 5) is 12.9. The summed E-state index contributed by atoms with van der Waals surface area (Å²) >= 11 is 0. The minimum absolute atomic E-state index is 0.323. The van der Waals surface area contributed by atoms with E-state index in [4.69, 9.17) is 4.74 Å². The summed E-state index contributed by atoms with van der Waals surface area (Å²) in [6.45, 7) is 1.14. The third-order valence-corrected chi connectivity index (χ3v) is 6.02. The van der Waals surface area contributed by atoms with Crippen LogP contribution >= 0.6 is 0 Å². The van der Waals surface area contributed by atoms with Crippen molar-refractivity contribution in [3.8, 4) is 17.0 Å². The minimum Gasteiger partial charge on any atom is -0.486 e. The number of anilines is 1. The number of alkyl halides is 2. The van der Waals surface area contributed by atoms with Crippen molar-refractivity contribution in [2.75, 3.05) is 18.0 Å². The Morgan fingerprint density at radius 2 is 1.91 bits per heavy atom. The molecule has 1 aliphatic heterocycles. The van der Waals surface area contributed by atoms with Gasteiger partial charge >= 0.3 is 0 Å². The van der Waals surface area contributed by atoms with Crippen LogP contribution in [-0.4, -0.2) is 44.2 Å². The van der Waals surface area contributed by atoms with E-state index < -0.39 is 17.8 Å². The Morgan fingerprint density at radius 3 is 2.68 bits per heavy atom. The molecule has 1 aliphatic rings. The molecule has 0 saturated carbocycles. The van der Waals surface area contributed by atoms with Gasteiger partial charge in [-0.3, -0.25) is 5.10 Å². The van der Waals surface area contributed by atoms with Crippen LogP contribution in [-0.2, 0) is 0 Å². The molecule has 172 valence electrons. The van der Waals surface area contributed by atoms with Gasteiger partial charge in [-0.2, -0.15) is 5.10 Å². The number of nitrogens with one attached hydrogen (secondary N) is 2. The Kier molecular flexibility index (Phi) is 4.51. The lowest BCUT2D eigenvalue weighted by molar-refractivity contribution is -0.0267. The van der Waals surface area contributed by atoms with E-state index in [-0.39, 0.29) is 13.1 Å². The molecule has 4 aromatic heterocycles. The van der Waals surface area contributed by atoms with Crippen LogP contribution in [0.25, 0.3) is 33.2 Å². The van der Waals surface area contributed by atoms with Gasteiger partial charge in [-0.25, -0.2) is 23.1 Å². The Balaban J connectivity index is 1.28. The highest BCUT2D eigenvalue weighted by atomic mass is 19.3. The Morgan fingerprint density at radius 1 is 1.06 bits per heavy atom. The average molecular weight is 464 g/mol. The summed E-state index contributed by atoms with van der Waals surface area (Å²) in [7, 11) is 0. The number of benzene rings is 1. The van der Waals surface area contributed by atoms with E-state index in [1.54, 1.807) is 43.6 Å². The average Bonchev–Trinajstić information content (AvgIpc) is 3.44. The molecule has 0 spiro atoms. The molecule has 0 radical (unpaired) electrons. The van der Waals surface area contributed by atoms with Crippen LogP contribution in [0.5, 0.6) is 5.75 Å². The molecule has 1 atom stereocenters. The van der Waals surface area contributed by atoms with Gasteiger partial charge in [-0.15, -0.1) is 0 Å². The van der Waals surface area contributed by atoms with E-state index >= 15 is 0 Å². The van der Waals surface area contributed by atoms with Crippen molar-refractivity contribution in [3.63, 3.8) is 0 Å². The largest absolute Gasteiger partial charge is 0.486 e. The molecule has 1 aromatic carbocycles. The number of fused-ring (bicyclic) bond motifs is 2. The molecule has 0 unspecified atom stereocenters. The van der Waals surface area contributed by atoms with E-state index in [9.17, 15) is 13.2 Å². The van der Waals surface area contributed by atoms with Gasteiger partial charge < -0.3 is 14.6 Å². The summed E-state index contributed by atoms with van der Waals surface area (Å²) in [5, 5.41) is 8.85. The number of halogens is 3. The van der Waals surface area contributed by atoms with Gasteiger partial charge in [0.1, 0.15) is 34.8 Å². The Bertz CT molecular complexity index is 1500. The van der Waals surface area contributed by atoms with Crippen LogP contribution in [0, 0.1) is 5.82 Å². The Labute approximate surface area is 191 Å². The van der Waals surface area contributed by atoms with Gasteiger partial charge in [0.15, 0.2) is 0 Å². The topological polar surface area (TPSA) is 82.7 Å². The first-order valence-corrected chi connectivity index (χ1v) is 10.7. The SMILES string of the molecule is C[C@@H](Oc1ccc2[nH]nc(-c3ccc(N4CC(F)(F)C4)nc3)c2c1)c1c(F)cnc2[nH]ccc12. The monoisotopic (exact) mass is 464 g/mol. The first kappa shape index (κ1) is 20.5. The molecule has 10 heteroatoms. The van der Waals surface area contributed by atoms with Crippen molar-refractivity contribution in [2.24, 2.45) is 0 Å². The predicted molar refractivity (Wildman–Crippen MR) is 122 cm³/mol. The first-order valence-electron chi connectivity index (χ1n) is 10.7. The van der Waals surface area contributed by atoms with Crippen LogP contribution in [0.15, 0.2) is 55.0 Å². The van der Waals surface area contributed by atoms with Gasteiger partial charge in [0.2, 0.25) is 0 Å². The maximum Gasteiger partial charge on any atom is 0.282 e. The molecular weight excluding hydrogens is 445 g/mol. The zero-order chi connectivity index (χ0) is 23.4. The molecule has 5 aromatic rings. The molecule has 7 nitrogen and oxygen atoms in total. The predicted octanol–water partition coefficient (Wildman–Crippen LogP) is 5.24. The number of pyridine rings is 2. The highest BCUT2D eigenvalue weighted by molar-refractivity contribution is 5.93. The van der Waals surface area contributed by atoms with Crippen molar-refractivity contribution in [2.45, 2.75) is 19.0 Å². The third kappa shape index (κ3) is 3.42. The van der Waals surface area contributed by atoms with Gasteiger partial charge in [0, 0.05) is 34.3 Å². The minimum atomic E-state index is -2.65. The number of hydrogen-bond acceptors (Lipinski definition) is 5. The second kappa shape index (κ2) is 7.47. The molecule has 1 saturated heterocycles. The summed E-state index contributed by atoms with van der Waals surface area (Å²) in [5.41, 5.74) is 3.21. The zero-order valence-corrected chi connectivity index (χ0v) is 18.0. The lowest BCUT2D eigenvalue weighted by Crippen LogP contribution is -2.56. The molecule has 34 heavy (non-hydrogen) atoms. The van der Waals surface area contributed by atoms with Crippen LogP contribution in [0.2, 0.25) is 0 Å². The quantitative estimate of drug-likeness (QED) is 0.372. The number of H-pyrrole nitrogens is 2. The Hall–Kier alpha value is -4.08. The van der Waals surface area contributed by atoms with Crippen LogP contribution in [0.3, 0.4) is 0 Å². The van der Waals surface area contributed by atoms with Crippen LogP contribution in [0.4, 0.5) is 19.0 Å². The molecule has 2 N–H and O–H groups in total. The van der Waals surface area contributed by atoms with Crippen molar-refractivity contribution in [3.05, 3.63) is 66.4 Å². The summed E-state index contributed by atoms with van der Waals surface area (Å²) in [6.07, 6.45) is 3.95. The number of nitrogens with zero attached hydrogens (tertiary/aromatic N) is 4. The van der Waals surface area contributed by atoms with E-state index in [1.807, 2.05) is 12.1 Å². The van der Waals surface area contributed by atoms with E-state index in [2.05, 4.69) is 25.1 Å². The molecule has 0 amide bonds. The molecule has 0 aliphatic carbocycles. The summed E-state index contributed by atoms with van der Waals surface area (Å²) in [6, 6.07) is 10.8. The summed E-state index contributed by atoms with van der Waals surface area (Å²) < 4.78 is 47.0. The maximum absolute atomic E-state index is 14.6. The smallest absolute Gasteiger partial charge is 0.282 e. The van der Waals surface area contributed by atoms with E-state index in [0.29, 0.717) is 33.9 Å². The second-order valence-electron chi connectivity index (χ2n) is 8.42. The fourth-order valence-electron chi connectivity index (χ4n) is 4.35. The van der Waals surface area contributed by atoms with E-state index in [1.165, 1.54) is 11.1 Å². The van der Waals surface area contributed by atoms with Crippen molar-refractivity contribution < 1.29 is 17.9 Å². The summed E-state index contributed by atoms with van der Waals surface area (Å²) in [5.74, 6) is -2.04. The molecular formula is C24H19F3N6O. The molecule has 5 heterocycles. The fourth-order valence-corrected chi connectivity index (χ4v) is 4.35. The first-order chi connectivity index (χ1) is 16.4. The molecule has 0 bridgehead atoms. The standard InChI is InChI=1S/C24H19F3N6O/c1-13(21-16-6-7-28-23(16)30-10-18(21)25)34-15-3-4-19-17(8-15)22(32-31-19)14-2-5-20(29-9-14)33-11-24(26,27)12-33/h2-10,13H,11-12H2,1H3,(H,28,30)(H,31,32)/t13-/m1/s1. The lowest BCUT2D eigenvalue weighted by atomic mass is 10.1. The normalized spacial score (nSPS) is 16.1. The van der Waals surface area contributed by atoms with Crippen LogP contribution < -0.4 is 9.64 Å². The number of rotatable bonds is 5. The van der Waals surface area contributed by atoms with Crippen molar-refractivity contribution in [1.29, 1.82) is 0 Å². The second-order valence-corrected chi connectivity index (χ2v) is 8.42.